The monoisotopic (exact) mass is 784 g/mol. The van der Waals surface area contributed by atoms with Crippen molar-refractivity contribution in [3.8, 4) is 5.88 Å². The lowest BCUT2D eigenvalue weighted by Gasteiger charge is -2.29. The number of fused-ring (bicyclic) bond motifs is 5. The molecule has 4 aromatic rings. The molecule has 5 atom stereocenters. The second-order valence-electron chi connectivity index (χ2n) is 16.1. The van der Waals surface area contributed by atoms with E-state index in [4.69, 9.17) is 14.1 Å². The molecule has 2 aromatic carbocycles. The average Bonchev–Trinajstić information content (AvgIpc) is 3.97. The molecule has 8 rings (SSSR count). The number of para-hydroxylation sites is 1. The second-order valence-corrected chi connectivity index (χ2v) is 18.3. The summed E-state index contributed by atoms with van der Waals surface area (Å²) in [5, 5.41) is 4.74. The van der Waals surface area contributed by atoms with Gasteiger partial charge in [-0.05, 0) is 100 Å². The maximum Gasteiger partial charge on any atom is 0.287 e. The third kappa shape index (κ3) is 7.19. The van der Waals surface area contributed by atoms with Crippen LogP contribution >= 0.6 is 0 Å². The zero-order chi connectivity index (χ0) is 39.4. The molecule has 0 radical (unpaired) electrons. The van der Waals surface area contributed by atoms with Gasteiger partial charge < -0.3 is 19.4 Å². The fourth-order valence-electron chi connectivity index (χ4n) is 8.22. The van der Waals surface area contributed by atoms with Gasteiger partial charge in [0.2, 0.25) is 27.7 Å². The molecule has 14 heteroatoms. The number of benzene rings is 2. The summed E-state index contributed by atoms with van der Waals surface area (Å²) in [6.45, 7) is 3.28. The molecule has 4 aliphatic rings. The number of Topliss-reactive ketones (excluding diaryl/α,β-unsaturated/α-hetero) is 1. The largest absolute Gasteiger partial charge is 0.472 e. The summed E-state index contributed by atoms with van der Waals surface area (Å²) < 4.78 is 54.3. The molecule has 2 saturated carbocycles. The van der Waals surface area contributed by atoms with E-state index in [2.05, 4.69) is 10.0 Å². The van der Waals surface area contributed by atoms with Gasteiger partial charge in [0, 0.05) is 23.6 Å². The summed E-state index contributed by atoms with van der Waals surface area (Å²) in [5.74, 6) is -2.13. The number of carbonyl (C=O) groups is 4. The molecule has 2 aliphatic carbocycles. The maximum absolute atomic E-state index is 14.7. The predicted octanol–water partition coefficient (Wildman–Crippen LogP) is 6.06. The van der Waals surface area contributed by atoms with Gasteiger partial charge in [0.25, 0.3) is 5.91 Å². The minimum atomic E-state index is -3.97. The number of hydrogen-bond acceptors (Lipinski definition) is 9. The SMILES string of the molecule is Cc1ccc(C(=O)N[C@H]2CCCCC/C=C\[C@@H]3C[C@@]3(C(=O)NS(=O)(=O)C3(C)CC3)CC(=O)[C@@H]3C[C@@H](Oc4nc5ccccc5c5cc(F)ccc45)CN3C2=O)o1. The van der Waals surface area contributed by atoms with E-state index in [0.29, 0.717) is 60.6 Å². The standard InChI is InChI=1S/C42H45FN4O8S/c1-25-14-17-36(54-25)37(49)44-33-13-7-5-3-4-6-10-26-22-42(26,40(51)46-56(52,53)41(2)18-19-41)23-35(48)34-21-28(24-47(34)39(33)50)55-38-30-16-15-27(43)20-31(30)29-11-8-9-12-32(29)45-38/h6,8-12,14-17,20,26,28,33-34H,3-5,7,13,18-19,21-24H2,1-2H3,(H,44,49)(H,46,51)/b10-6-/t26-,28-,33+,34+,42-/m1/s1. The van der Waals surface area contributed by atoms with Crippen LogP contribution < -0.4 is 14.8 Å². The molecular weight excluding hydrogens is 740 g/mol. The number of carbonyl (C=O) groups excluding carboxylic acids is 4. The zero-order valence-electron chi connectivity index (χ0n) is 31.4. The summed E-state index contributed by atoms with van der Waals surface area (Å²) in [6.07, 6.45) is 7.25. The van der Waals surface area contributed by atoms with E-state index in [1.165, 1.54) is 23.1 Å². The molecule has 12 nitrogen and oxygen atoms in total. The van der Waals surface area contributed by atoms with Crippen molar-refractivity contribution in [2.75, 3.05) is 6.54 Å². The van der Waals surface area contributed by atoms with Crippen LogP contribution in [0.15, 0.2) is 71.2 Å². The highest BCUT2D eigenvalue weighted by Gasteiger charge is 2.62. The van der Waals surface area contributed by atoms with Crippen LogP contribution in [0, 0.1) is 24.1 Å². The van der Waals surface area contributed by atoms with E-state index >= 15 is 0 Å². The molecule has 2 aliphatic heterocycles. The van der Waals surface area contributed by atoms with E-state index in [9.17, 15) is 32.0 Å². The Hall–Kier alpha value is -5.11. The third-order valence-corrected chi connectivity index (χ3v) is 14.2. The Morgan fingerprint density at radius 1 is 1.02 bits per heavy atom. The van der Waals surface area contributed by atoms with E-state index in [1.54, 1.807) is 32.0 Å². The Morgan fingerprint density at radius 2 is 1.82 bits per heavy atom. The number of nitrogens with one attached hydrogen (secondary N) is 2. The number of hydrogen-bond donors (Lipinski definition) is 2. The molecule has 2 aromatic heterocycles. The van der Waals surface area contributed by atoms with Crippen LogP contribution in [0.4, 0.5) is 4.39 Å². The number of pyridine rings is 1. The van der Waals surface area contributed by atoms with Crippen molar-refractivity contribution < 1.29 is 41.1 Å². The van der Waals surface area contributed by atoms with Gasteiger partial charge in [0.05, 0.1) is 28.3 Å². The Bertz CT molecular complexity index is 2390. The Morgan fingerprint density at radius 3 is 2.59 bits per heavy atom. The zero-order valence-corrected chi connectivity index (χ0v) is 32.2. The first-order chi connectivity index (χ1) is 26.8. The Kier molecular flexibility index (Phi) is 9.74. The van der Waals surface area contributed by atoms with Crippen molar-refractivity contribution in [2.45, 2.75) is 101 Å². The van der Waals surface area contributed by atoms with Gasteiger partial charge >= 0.3 is 0 Å². The quantitative estimate of drug-likeness (QED) is 0.168. The normalized spacial score (nSPS) is 27.1. The molecule has 0 unspecified atom stereocenters. The molecule has 0 bridgehead atoms. The highest BCUT2D eigenvalue weighted by atomic mass is 32.2. The molecule has 294 valence electrons. The van der Waals surface area contributed by atoms with Gasteiger partial charge in [-0.15, -0.1) is 0 Å². The minimum absolute atomic E-state index is 0.0338. The Balaban J connectivity index is 1.13. The van der Waals surface area contributed by atoms with Crippen molar-refractivity contribution >= 4 is 55.2 Å². The number of amides is 3. The number of rotatable bonds is 7. The lowest BCUT2D eigenvalue weighted by atomic mass is 9.91. The lowest BCUT2D eigenvalue weighted by Crippen LogP contribution is -2.52. The second kappa shape index (κ2) is 14.4. The van der Waals surface area contributed by atoms with Crippen molar-refractivity contribution in [1.82, 2.24) is 19.9 Å². The molecule has 4 heterocycles. The topological polar surface area (TPSA) is 165 Å². The van der Waals surface area contributed by atoms with Gasteiger partial charge in [-0.25, -0.2) is 17.8 Å². The summed E-state index contributed by atoms with van der Waals surface area (Å²) in [6, 6.07) is 12.8. The Labute approximate surface area is 324 Å². The van der Waals surface area contributed by atoms with Gasteiger partial charge in [-0.1, -0.05) is 43.2 Å². The number of ketones is 1. The molecule has 0 spiro atoms. The molecular formula is C42H45FN4O8S. The van der Waals surface area contributed by atoms with Gasteiger partial charge in [-0.3, -0.25) is 23.9 Å². The minimum Gasteiger partial charge on any atom is -0.472 e. The van der Waals surface area contributed by atoms with Gasteiger partial charge in [-0.2, -0.15) is 0 Å². The van der Waals surface area contributed by atoms with E-state index in [-0.39, 0.29) is 36.9 Å². The highest BCUT2D eigenvalue weighted by molar-refractivity contribution is 7.91. The maximum atomic E-state index is 14.7. The first kappa shape index (κ1) is 37.8. The summed E-state index contributed by atoms with van der Waals surface area (Å²) in [7, 11) is -3.97. The number of aromatic nitrogens is 1. The molecule has 1 saturated heterocycles. The first-order valence-corrected chi connectivity index (χ1v) is 20.8. The number of ether oxygens (including phenoxy) is 1. The highest BCUT2D eigenvalue weighted by Crippen LogP contribution is 2.57. The number of aryl methyl sites for hydroxylation is 1. The molecule has 3 fully saturated rings. The molecule has 56 heavy (non-hydrogen) atoms. The third-order valence-electron chi connectivity index (χ3n) is 12.0. The van der Waals surface area contributed by atoms with E-state index in [1.807, 2.05) is 30.4 Å². The average molecular weight is 785 g/mol. The summed E-state index contributed by atoms with van der Waals surface area (Å²) in [5.41, 5.74) is -0.725. The van der Waals surface area contributed by atoms with Crippen LogP contribution in [-0.2, 0) is 24.4 Å². The lowest BCUT2D eigenvalue weighted by molar-refractivity contribution is -0.140. The molecule has 3 amide bonds. The number of furan rings is 1. The van der Waals surface area contributed by atoms with Crippen LogP contribution in [0.2, 0.25) is 0 Å². The number of nitrogens with zero attached hydrogens (tertiary/aromatic N) is 2. The number of allylic oxidation sites excluding steroid dienone is 2. The van der Waals surface area contributed by atoms with Crippen LogP contribution in [0.25, 0.3) is 21.7 Å². The molecule has 2 N–H and O–H groups in total. The van der Waals surface area contributed by atoms with Crippen LogP contribution in [0.1, 0.15) is 87.4 Å². The van der Waals surface area contributed by atoms with Gasteiger partial charge in [0.15, 0.2) is 11.5 Å². The number of halogens is 1. The van der Waals surface area contributed by atoms with Gasteiger partial charge in [0.1, 0.15) is 23.7 Å². The number of sulfonamides is 1. The fourth-order valence-corrected chi connectivity index (χ4v) is 9.55. The predicted molar refractivity (Wildman–Crippen MR) is 206 cm³/mol. The van der Waals surface area contributed by atoms with Crippen molar-refractivity contribution in [1.29, 1.82) is 0 Å². The first-order valence-electron chi connectivity index (χ1n) is 19.4. The van der Waals surface area contributed by atoms with E-state index < -0.39 is 67.7 Å². The van der Waals surface area contributed by atoms with Crippen molar-refractivity contribution in [3.63, 3.8) is 0 Å². The van der Waals surface area contributed by atoms with Crippen molar-refractivity contribution in [3.05, 3.63) is 84.1 Å². The van der Waals surface area contributed by atoms with Crippen LogP contribution in [-0.4, -0.2) is 71.3 Å². The summed E-state index contributed by atoms with van der Waals surface area (Å²) >= 11 is 0. The van der Waals surface area contributed by atoms with Crippen LogP contribution in [0.3, 0.4) is 0 Å². The smallest absolute Gasteiger partial charge is 0.287 e. The fraction of sp³-hybridized carbons (Fsp3) is 0.452. The summed E-state index contributed by atoms with van der Waals surface area (Å²) in [4.78, 5) is 62.8. The van der Waals surface area contributed by atoms with E-state index in [0.717, 1.165) is 18.2 Å². The van der Waals surface area contributed by atoms with Crippen LogP contribution in [0.5, 0.6) is 5.88 Å². The van der Waals surface area contributed by atoms with Crippen molar-refractivity contribution in [2.24, 2.45) is 11.3 Å².